The molecule has 1 saturated heterocycles. The van der Waals surface area contributed by atoms with Gasteiger partial charge in [-0.1, -0.05) is 0 Å². The van der Waals surface area contributed by atoms with Gasteiger partial charge in [0.05, 0.1) is 11.6 Å². The number of fused-ring (bicyclic) bond motifs is 1. The van der Waals surface area contributed by atoms with Gasteiger partial charge in [-0.2, -0.15) is 0 Å². The molecule has 2 N–H and O–H groups in total. The third-order valence-corrected chi connectivity index (χ3v) is 6.37. The predicted molar refractivity (Wildman–Crippen MR) is 108 cm³/mol. The van der Waals surface area contributed by atoms with Crippen molar-refractivity contribution in [2.24, 2.45) is 0 Å². The quantitative estimate of drug-likeness (QED) is 0.784. The molecule has 0 bridgehead atoms. The second-order valence-corrected chi connectivity index (χ2v) is 8.34. The number of likely N-dealkylation sites (tertiary alicyclic amines) is 1. The van der Waals surface area contributed by atoms with Gasteiger partial charge in [0.1, 0.15) is 11.5 Å². The summed E-state index contributed by atoms with van der Waals surface area (Å²) >= 11 is 0. The van der Waals surface area contributed by atoms with Crippen molar-refractivity contribution in [3.63, 3.8) is 0 Å². The van der Waals surface area contributed by atoms with Crippen LogP contribution in [-0.2, 0) is 0 Å². The first kappa shape index (κ1) is 20.5. The number of nitrogens with zero attached hydrogens (tertiary/aromatic N) is 4. The van der Waals surface area contributed by atoms with Gasteiger partial charge >= 0.3 is 11.8 Å². The maximum atomic E-state index is 13.9. The SMILES string of the molecule is CN1CCC(n2c(=O)n([C@H]3CC[C@@H](NC(=O)O)CC3)c(=O)c3cc(F)cnc32)CC1. The Hall–Kier alpha value is -2.75. The van der Waals surface area contributed by atoms with Gasteiger partial charge in [0, 0.05) is 18.1 Å². The van der Waals surface area contributed by atoms with E-state index in [2.05, 4.69) is 15.2 Å². The zero-order valence-corrected chi connectivity index (χ0v) is 16.9. The van der Waals surface area contributed by atoms with Crippen molar-refractivity contribution in [3.05, 3.63) is 38.9 Å². The first-order chi connectivity index (χ1) is 14.3. The molecule has 1 amide bonds. The van der Waals surface area contributed by atoms with E-state index in [-0.39, 0.29) is 29.2 Å². The van der Waals surface area contributed by atoms with Crippen molar-refractivity contribution < 1.29 is 14.3 Å². The summed E-state index contributed by atoms with van der Waals surface area (Å²) in [4.78, 5) is 43.8. The summed E-state index contributed by atoms with van der Waals surface area (Å²) in [5.74, 6) is -0.617. The molecule has 2 fully saturated rings. The largest absolute Gasteiger partial charge is 0.465 e. The number of piperidine rings is 1. The van der Waals surface area contributed by atoms with Gasteiger partial charge in [-0.15, -0.1) is 0 Å². The lowest BCUT2D eigenvalue weighted by atomic mass is 9.91. The number of pyridine rings is 1. The highest BCUT2D eigenvalue weighted by atomic mass is 19.1. The number of hydrogen-bond donors (Lipinski definition) is 2. The summed E-state index contributed by atoms with van der Waals surface area (Å²) in [5, 5.41) is 11.5. The van der Waals surface area contributed by atoms with Gasteiger partial charge in [0.2, 0.25) is 0 Å². The van der Waals surface area contributed by atoms with Crippen LogP contribution in [0.3, 0.4) is 0 Å². The lowest BCUT2D eigenvalue weighted by Gasteiger charge is -2.33. The first-order valence-electron chi connectivity index (χ1n) is 10.4. The predicted octanol–water partition coefficient (Wildman–Crippen LogP) is 1.72. The Kier molecular flexibility index (Phi) is 5.59. The van der Waals surface area contributed by atoms with Crippen LogP contribution in [0.5, 0.6) is 0 Å². The average molecular weight is 419 g/mol. The van der Waals surface area contributed by atoms with E-state index >= 15 is 0 Å². The average Bonchev–Trinajstić information content (AvgIpc) is 2.71. The van der Waals surface area contributed by atoms with Gasteiger partial charge in [0.25, 0.3) is 5.56 Å². The first-order valence-corrected chi connectivity index (χ1v) is 10.4. The maximum absolute atomic E-state index is 13.9. The van der Waals surface area contributed by atoms with Crippen molar-refractivity contribution in [2.45, 2.75) is 56.7 Å². The van der Waals surface area contributed by atoms with E-state index in [0.717, 1.165) is 38.2 Å². The van der Waals surface area contributed by atoms with Crippen molar-refractivity contribution in [1.29, 1.82) is 0 Å². The van der Waals surface area contributed by atoms with Crippen molar-refractivity contribution in [1.82, 2.24) is 24.3 Å². The van der Waals surface area contributed by atoms with Crippen LogP contribution >= 0.6 is 0 Å². The number of rotatable bonds is 3. The zero-order valence-electron chi connectivity index (χ0n) is 16.9. The number of halogens is 1. The Morgan fingerprint density at radius 3 is 2.37 bits per heavy atom. The van der Waals surface area contributed by atoms with E-state index in [1.165, 1.54) is 4.57 Å². The third-order valence-electron chi connectivity index (χ3n) is 6.37. The summed E-state index contributed by atoms with van der Waals surface area (Å²) in [5.41, 5.74) is -0.699. The van der Waals surface area contributed by atoms with Gasteiger partial charge in [-0.05, 0) is 64.7 Å². The monoisotopic (exact) mass is 419 g/mol. The van der Waals surface area contributed by atoms with E-state index in [4.69, 9.17) is 5.11 Å². The third kappa shape index (κ3) is 3.83. The van der Waals surface area contributed by atoms with Crippen LogP contribution in [0.15, 0.2) is 21.9 Å². The molecule has 0 radical (unpaired) electrons. The van der Waals surface area contributed by atoms with Gasteiger partial charge in [-0.25, -0.2) is 19.0 Å². The summed E-state index contributed by atoms with van der Waals surface area (Å²) < 4.78 is 16.7. The number of nitrogens with one attached hydrogen (secondary N) is 1. The molecule has 4 rings (SSSR count). The highest BCUT2D eigenvalue weighted by Gasteiger charge is 2.30. The van der Waals surface area contributed by atoms with Crippen LogP contribution in [0.4, 0.5) is 9.18 Å². The molecular weight excluding hydrogens is 393 g/mol. The highest BCUT2D eigenvalue weighted by molar-refractivity contribution is 5.73. The van der Waals surface area contributed by atoms with Crippen molar-refractivity contribution >= 4 is 17.1 Å². The molecule has 0 spiro atoms. The molecule has 1 aliphatic heterocycles. The van der Waals surface area contributed by atoms with E-state index in [0.29, 0.717) is 25.7 Å². The molecular formula is C20H26FN5O4. The van der Waals surface area contributed by atoms with Crippen LogP contribution in [0.2, 0.25) is 0 Å². The molecule has 9 nitrogen and oxygen atoms in total. The minimum Gasteiger partial charge on any atom is -0.465 e. The summed E-state index contributed by atoms with van der Waals surface area (Å²) in [6, 6.07) is 0.516. The summed E-state index contributed by atoms with van der Waals surface area (Å²) in [7, 11) is 2.02. The molecule has 0 unspecified atom stereocenters. The summed E-state index contributed by atoms with van der Waals surface area (Å²) in [6.45, 7) is 1.65. The standard InChI is InChI=1S/C20H26FN5O4/c1-24-8-6-15(7-9-24)25-17-16(10-12(21)11-22-17)18(27)26(20(25)30)14-4-2-13(3-5-14)23-19(28)29/h10-11,13-15,23H,2-9H2,1H3,(H,28,29)/t13-,14+. The van der Waals surface area contributed by atoms with Crippen LogP contribution in [-0.4, -0.2) is 56.4 Å². The van der Waals surface area contributed by atoms with E-state index in [1.807, 2.05) is 7.05 Å². The molecule has 3 heterocycles. The van der Waals surface area contributed by atoms with Crippen LogP contribution in [0.1, 0.15) is 50.6 Å². The zero-order chi connectivity index (χ0) is 21.4. The molecule has 0 atom stereocenters. The Balaban J connectivity index is 1.78. The molecule has 1 saturated carbocycles. The van der Waals surface area contributed by atoms with Crippen LogP contribution in [0.25, 0.3) is 11.0 Å². The van der Waals surface area contributed by atoms with Gasteiger partial charge < -0.3 is 15.3 Å². The minimum atomic E-state index is -1.08. The van der Waals surface area contributed by atoms with Crippen LogP contribution < -0.4 is 16.6 Å². The van der Waals surface area contributed by atoms with Crippen molar-refractivity contribution in [2.75, 3.05) is 20.1 Å². The Bertz CT molecular complexity index is 1070. The van der Waals surface area contributed by atoms with E-state index in [1.54, 1.807) is 4.57 Å². The molecule has 1 aliphatic carbocycles. The number of hydrogen-bond acceptors (Lipinski definition) is 5. The minimum absolute atomic E-state index is 0.106. The lowest BCUT2D eigenvalue weighted by molar-refractivity contribution is 0.181. The maximum Gasteiger partial charge on any atom is 0.404 e. The number of carboxylic acid groups (broad SMARTS) is 1. The molecule has 2 aromatic rings. The molecule has 2 aliphatic rings. The smallest absolute Gasteiger partial charge is 0.404 e. The molecule has 162 valence electrons. The number of aromatic nitrogens is 3. The van der Waals surface area contributed by atoms with Gasteiger partial charge in [0.15, 0.2) is 0 Å². The fourth-order valence-electron chi connectivity index (χ4n) is 4.76. The normalized spacial score (nSPS) is 23.5. The second-order valence-electron chi connectivity index (χ2n) is 8.34. The Morgan fingerprint density at radius 1 is 1.10 bits per heavy atom. The van der Waals surface area contributed by atoms with Crippen LogP contribution in [0, 0.1) is 5.82 Å². The highest BCUT2D eigenvalue weighted by Crippen LogP contribution is 2.28. The van der Waals surface area contributed by atoms with Crippen molar-refractivity contribution in [3.8, 4) is 0 Å². The number of amides is 1. The molecule has 2 aromatic heterocycles. The lowest BCUT2D eigenvalue weighted by Crippen LogP contribution is -2.47. The number of carbonyl (C=O) groups is 1. The Morgan fingerprint density at radius 2 is 1.73 bits per heavy atom. The Labute approximate surface area is 172 Å². The van der Waals surface area contributed by atoms with Gasteiger partial charge in [-0.3, -0.25) is 13.9 Å². The fraction of sp³-hybridized carbons (Fsp3) is 0.600. The summed E-state index contributed by atoms with van der Waals surface area (Å²) in [6.07, 6.45) is 3.54. The molecule has 10 heteroatoms. The van der Waals surface area contributed by atoms with E-state index in [9.17, 15) is 18.8 Å². The van der Waals surface area contributed by atoms with E-state index < -0.39 is 23.2 Å². The fourth-order valence-corrected chi connectivity index (χ4v) is 4.76. The topological polar surface area (TPSA) is 109 Å². The molecule has 0 aromatic carbocycles. The molecule has 30 heavy (non-hydrogen) atoms. The second kappa shape index (κ2) is 8.17.